The van der Waals surface area contributed by atoms with E-state index in [4.69, 9.17) is 10.5 Å². The molecule has 4 heteroatoms. The molecule has 1 aromatic carbocycles. The van der Waals surface area contributed by atoms with E-state index in [1.165, 1.54) is 0 Å². The van der Waals surface area contributed by atoms with Crippen molar-refractivity contribution in [2.45, 2.75) is 46.6 Å². The Kier molecular flexibility index (Phi) is 7.96. The second kappa shape index (κ2) is 9.46. The topological polar surface area (TPSA) is 64.3 Å². The van der Waals surface area contributed by atoms with E-state index >= 15 is 0 Å². The SMILES string of the molecule is CC(C)CC(CC(C)C)NCCOC(=O)c1ccc(N)cc1. The predicted molar refractivity (Wildman–Crippen MR) is 91.8 cm³/mol. The van der Waals surface area contributed by atoms with Crippen molar-refractivity contribution < 1.29 is 9.53 Å². The van der Waals surface area contributed by atoms with Crippen LogP contribution in [0.25, 0.3) is 0 Å². The fourth-order valence-electron chi connectivity index (χ4n) is 2.51. The zero-order chi connectivity index (χ0) is 16.5. The molecule has 3 N–H and O–H groups in total. The van der Waals surface area contributed by atoms with Gasteiger partial charge in [0.25, 0.3) is 0 Å². The van der Waals surface area contributed by atoms with Gasteiger partial charge in [-0.25, -0.2) is 4.79 Å². The largest absolute Gasteiger partial charge is 0.461 e. The van der Waals surface area contributed by atoms with Crippen LogP contribution in [0, 0.1) is 11.8 Å². The molecule has 0 aliphatic rings. The lowest BCUT2D eigenvalue weighted by atomic mass is 9.96. The lowest BCUT2D eigenvalue weighted by Crippen LogP contribution is -2.34. The number of hydrogen-bond acceptors (Lipinski definition) is 4. The van der Waals surface area contributed by atoms with Crippen molar-refractivity contribution in [3.8, 4) is 0 Å². The van der Waals surface area contributed by atoms with E-state index in [-0.39, 0.29) is 5.97 Å². The monoisotopic (exact) mass is 306 g/mol. The van der Waals surface area contributed by atoms with Crippen LogP contribution in [0.1, 0.15) is 50.9 Å². The first-order valence-corrected chi connectivity index (χ1v) is 8.14. The third-order valence-electron chi connectivity index (χ3n) is 3.43. The number of rotatable bonds is 9. The van der Waals surface area contributed by atoms with Gasteiger partial charge in [-0.15, -0.1) is 0 Å². The fraction of sp³-hybridized carbons (Fsp3) is 0.611. The van der Waals surface area contributed by atoms with Crippen molar-refractivity contribution in [1.29, 1.82) is 0 Å². The highest BCUT2D eigenvalue weighted by molar-refractivity contribution is 5.89. The van der Waals surface area contributed by atoms with Gasteiger partial charge in [-0.05, 0) is 48.9 Å². The van der Waals surface area contributed by atoms with Gasteiger partial charge in [0.05, 0.1) is 5.56 Å². The maximum atomic E-state index is 11.9. The summed E-state index contributed by atoms with van der Waals surface area (Å²) in [6, 6.07) is 7.26. The molecular weight excluding hydrogens is 276 g/mol. The minimum atomic E-state index is -0.300. The Bertz CT molecular complexity index is 431. The smallest absolute Gasteiger partial charge is 0.338 e. The molecule has 0 bridgehead atoms. The van der Waals surface area contributed by atoms with Crippen LogP contribution in [0.15, 0.2) is 24.3 Å². The van der Waals surface area contributed by atoms with E-state index < -0.39 is 0 Å². The maximum absolute atomic E-state index is 11.9. The van der Waals surface area contributed by atoms with Crippen LogP contribution in [0.3, 0.4) is 0 Å². The van der Waals surface area contributed by atoms with E-state index in [9.17, 15) is 4.79 Å². The first kappa shape index (κ1) is 18.5. The Labute approximate surface area is 134 Å². The Morgan fingerprint density at radius 3 is 2.14 bits per heavy atom. The fourth-order valence-corrected chi connectivity index (χ4v) is 2.51. The molecule has 124 valence electrons. The molecule has 0 saturated heterocycles. The highest BCUT2D eigenvalue weighted by Crippen LogP contribution is 2.13. The summed E-state index contributed by atoms with van der Waals surface area (Å²) in [4.78, 5) is 11.9. The molecule has 0 spiro atoms. The van der Waals surface area contributed by atoms with Gasteiger partial charge < -0.3 is 15.8 Å². The molecule has 0 radical (unpaired) electrons. The molecule has 0 amide bonds. The Morgan fingerprint density at radius 1 is 1.09 bits per heavy atom. The maximum Gasteiger partial charge on any atom is 0.338 e. The highest BCUT2D eigenvalue weighted by atomic mass is 16.5. The molecule has 4 nitrogen and oxygen atoms in total. The Morgan fingerprint density at radius 2 is 1.64 bits per heavy atom. The zero-order valence-corrected chi connectivity index (χ0v) is 14.3. The Hall–Kier alpha value is -1.55. The molecule has 0 aliphatic carbocycles. The van der Waals surface area contributed by atoms with Gasteiger partial charge in [0.2, 0.25) is 0 Å². The van der Waals surface area contributed by atoms with Crippen LogP contribution >= 0.6 is 0 Å². The first-order valence-electron chi connectivity index (χ1n) is 8.14. The van der Waals surface area contributed by atoms with Crippen LogP contribution in [-0.2, 0) is 4.74 Å². The van der Waals surface area contributed by atoms with Crippen LogP contribution in [-0.4, -0.2) is 25.2 Å². The number of esters is 1. The molecule has 0 saturated carbocycles. The predicted octanol–water partition coefficient (Wildman–Crippen LogP) is 3.48. The van der Waals surface area contributed by atoms with Crippen molar-refractivity contribution in [2.75, 3.05) is 18.9 Å². The normalized spacial score (nSPS) is 11.4. The van der Waals surface area contributed by atoms with Crippen molar-refractivity contribution >= 4 is 11.7 Å². The third kappa shape index (κ3) is 7.46. The molecule has 0 atom stereocenters. The van der Waals surface area contributed by atoms with Gasteiger partial charge in [0.15, 0.2) is 0 Å². The quantitative estimate of drug-likeness (QED) is 0.416. The zero-order valence-electron chi connectivity index (χ0n) is 14.3. The summed E-state index contributed by atoms with van der Waals surface area (Å²) in [5.74, 6) is 1.02. The number of carbonyl (C=O) groups excluding carboxylic acids is 1. The van der Waals surface area contributed by atoms with Gasteiger partial charge in [0, 0.05) is 18.3 Å². The molecule has 0 aliphatic heterocycles. The summed E-state index contributed by atoms with van der Waals surface area (Å²) < 4.78 is 5.29. The number of ether oxygens (including phenoxy) is 1. The van der Waals surface area contributed by atoms with Crippen molar-refractivity contribution in [3.63, 3.8) is 0 Å². The van der Waals surface area contributed by atoms with Crippen molar-refractivity contribution in [1.82, 2.24) is 5.32 Å². The van der Waals surface area contributed by atoms with Crippen molar-refractivity contribution in [2.24, 2.45) is 11.8 Å². The lowest BCUT2D eigenvalue weighted by Gasteiger charge is -2.22. The summed E-state index contributed by atoms with van der Waals surface area (Å²) in [6.45, 7) is 10.00. The molecule has 1 rings (SSSR count). The van der Waals surface area contributed by atoms with Crippen LogP contribution in [0.5, 0.6) is 0 Å². The summed E-state index contributed by atoms with van der Waals surface area (Å²) in [5.41, 5.74) is 6.78. The lowest BCUT2D eigenvalue weighted by molar-refractivity contribution is 0.0504. The molecule has 22 heavy (non-hydrogen) atoms. The van der Waals surface area contributed by atoms with E-state index in [0.717, 1.165) is 12.8 Å². The van der Waals surface area contributed by atoms with Crippen LogP contribution < -0.4 is 11.1 Å². The van der Waals surface area contributed by atoms with E-state index in [1.54, 1.807) is 24.3 Å². The van der Waals surface area contributed by atoms with Gasteiger partial charge in [-0.3, -0.25) is 0 Å². The number of anilines is 1. The van der Waals surface area contributed by atoms with Crippen molar-refractivity contribution in [3.05, 3.63) is 29.8 Å². The molecule has 0 fully saturated rings. The van der Waals surface area contributed by atoms with E-state index in [2.05, 4.69) is 33.0 Å². The average molecular weight is 306 g/mol. The van der Waals surface area contributed by atoms with E-state index in [1.807, 2.05) is 0 Å². The van der Waals surface area contributed by atoms with Gasteiger partial charge in [-0.2, -0.15) is 0 Å². The van der Waals surface area contributed by atoms with Gasteiger partial charge >= 0.3 is 5.97 Å². The minimum absolute atomic E-state index is 0.300. The summed E-state index contributed by atoms with van der Waals surface area (Å²) in [5, 5.41) is 3.50. The number of benzene rings is 1. The van der Waals surface area contributed by atoms with E-state index in [0.29, 0.717) is 42.3 Å². The number of nitrogen functional groups attached to an aromatic ring is 1. The summed E-state index contributed by atoms with van der Waals surface area (Å²) in [7, 11) is 0. The first-order chi connectivity index (χ1) is 10.4. The number of carbonyl (C=O) groups is 1. The summed E-state index contributed by atoms with van der Waals surface area (Å²) >= 11 is 0. The number of nitrogens with one attached hydrogen (secondary N) is 1. The molecule has 0 aromatic heterocycles. The summed E-state index contributed by atoms with van der Waals surface area (Å²) in [6.07, 6.45) is 2.29. The molecular formula is C18H30N2O2. The number of hydrogen-bond donors (Lipinski definition) is 2. The standard InChI is InChI=1S/C18H30N2O2/c1-13(2)11-17(12-14(3)4)20-9-10-22-18(21)15-5-7-16(19)8-6-15/h5-8,13-14,17,20H,9-12,19H2,1-4H3. The Balaban J connectivity index is 2.32. The number of nitrogens with two attached hydrogens (primary N) is 1. The van der Waals surface area contributed by atoms with Crippen LogP contribution in [0.2, 0.25) is 0 Å². The highest BCUT2D eigenvalue weighted by Gasteiger charge is 2.12. The molecule has 0 heterocycles. The van der Waals surface area contributed by atoms with Gasteiger partial charge in [0.1, 0.15) is 6.61 Å². The average Bonchev–Trinajstić information content (AvgIpc) is 2.42. The third-order valence-corrected chi connectivity index (χ3v) is 3.43. The van der Waals surface area contributed by atoms with Gasteiger partial charge in [-0.1, -0.05) is 27.7 Å². The second-order valence-electron chi connectivity index (χ2n) is 6.67. The van der Waals surface area contributed by atoms with Crippen LogP contribution in [0.4, 0.5) is 5.69 Å². The molecule has 0 unspecified atom stereocenters. The second-order valence-corrected chi connectivity index (χ2v) is 6.67. The molecule has 1 aromatic rings. The minimum Gasteiger partial charge on any atom is -0.461 e.